The Kier molecular flexibility index (Phi) is 6.41. The van der Waals surface area contributed by atoms with Crippen molar-refractivity contribution in [1.82, 2.24) is 14.7 Å². The number of rotatable bonds is 7. The van der Waals surface area contributed by atoms with E-state index in [0.717, 1.165) is 0 Å². The van der Waals surface area contributed by atoms with Crippen molar-refractivity contribution in [3.05, 3.63) is 76.2 Å². The Bertz CT molecular complexity index is 1350. The van der Waals surface area contributed by atoms with Gasteiger partial charge in [-0.1, -0.05) is 16.8 Å². The summed E-state index contributed by atoms with van der Waals surface area (Å²) >= 11 is 5.91. The van der Waals surface area contributed by atoms with Crippen molar-refractivity contribution in [3.8, 4) is 34.3 Å². The maximum absolute atomic E-state index is 12.9. The number of hydrogen-bond donors (Lipinski definition) is 1. The molecule has 0 aliphatic heterocycles. The Balaban J connectivity index is 1.52. The second kappa shape index (κ2) is 9.58. The Morgan fingerprint density at radius 2 is 1.85 bits per heavy atom. The first-order valence-electron chi connectivity index (χ1n) is 9.80. The van der Waals surface area contributed by atoms with Gasteiger partial charge in [0.2, 0.25) is 11.7 Å². The van der Waals surface area contributed by atoms with Crippen LogP contribution in [0.4, 0.5) is 5.69 Å². The van der Waals surface area contributed by atoms with Crippen molar-refractivity contribution in [1.29, 1.82) is 0 Å². The Morgan fingerprint density at radius 3 is 2.58 bits per heavy atom. The van der Waals surface area contributed by atoms with E-state index in [9.17, 15) is 9.59 Å². The quantitative estimate of drug-likeness (QED) is 0.440. The summed E-state index contributed by atoms with van der Waals surface area (Å²) in [5.41, 5.74) is 0.946. The third kappa shape index (κ3) is 4.88. The summed E-state index contributed by atoms with van der Waals surface area (Å²) in [5, 5.41) is 7.25. The zero-order chi connectivity index (χ0) is 23.4. The van der Waals surface area contributed by atoms with Gasteiger partial charge in [-0.2, -0.15) is 4.98 Å². The van der Waals surface area contributed by atoms with Crippen LogP contribution in [0.5, 0.6) is 11.5 Å². The number of ether oxygens (including phenoxy) is 2. The second-order valence-corrected chi connectivity index (χ2v) is 7.34. The van der Waals surface area contributed by atoms with Gasteiger partial charge >= 0.3 is 0 Å². The molecule has 1 N–H and O–H groups in total. The number of methoxy groups -OCH3 is 2. The van der Waals surface area contributed by atoms with Gasteiger partial charge in [-0.15, -0.1) is 0 Å². The largest absolute Gasteiger partial charge is 0.493 e. The van der Waals surface area contributed by atoms with Crippen LogP contribution >= 0.6 is 11.6 Å². The second-order valence-electron chi connectivity index (χ2n) is 6.90. The lowest BCUT2D eigenvalue weighted by Gasteiger charge is -2.11. The lowest BCUT2D eigenvalue weighted by Crippen LogP contribution is -2.28. The standard InChI is InChI=1S/C23H19ClN4O5/c1-31-18-10-9-16(12-19(18)32-2)25-20(29)13-28-11-3-4-17(23(28)30)22-26-21(27-33-22)14-5-7-15(24)8-6-14/h3-12H,13H2,1-2H3,(H,25,29). The van der Waals surface area contributed by atoms with Gasteiger partial charge in [0.05, 0.1) is 14.2 Å². The average molecular weight is 467 g/mol. The third-order valence-corrected chi connectivity index (χ3v) is 5.01. The van der Waals surface area contributed by atoms with Crippen LogP contribution in [0.2, 0.25) is 5.02 Å². The number of carbonyl (C=O) groups excluding carboxylic acids is 1. The monoisotopic (exact) mass is 466 g/mol. The Hall–Kier alpha value is -4.11. The number of nitrogens with zero attached hydrogens (tertiary/aromatic N) is 3. The van der Waals surface area contributed by atoms with Crippen molar-refractivity contribution < 1.29 is 18.8 Å². The number of amides is 1. The molecule has 0 atom stereocenters. The highest BCUT2D eigenvalue weighted by molar-refractivity contribution is 6.30. The molecule has 4 aromatic rings. The molecule has 0 spiro atoms. The number of carbonyl (C=O) groups is 1. The molecule has 4 rings (SSSR count). The van der Waals surface area contributed by atoms with E-state index in [0.29, 0.717) is 33.6 Å². The van der Waals surface area contributed by atoms with Gasteiger partial charge in [0, 0.05) is 28.5 Å². The zero-order valence-electron chi connectivity index (χ0n) is 17.7. The van der Waals surface area contributed by atoms with E-state index in [4.69, 9.17) is 25.6 Å². The fourth-order valence-corrected chi connectivity index (χ4v) is 3.27. The molecular weight excluding hydrogens is 448 g/mol. The summed E-state index contributed by atoms with van der Waals surface area (Å²) in [5.74, 6) is 0.996. The summed E-state index contributed by atoms with van der Waals surface area (Å²) in [7, 11) is 3.03. The Labute approximate surface area is 193 Å². The molecule has 0 saturated carbocycles. The number of benzene rings is 2. The van der Waals surface area contributed by atoms with Gasteiger partial charge in [0.25, 0.3) is 11.4 Å². The average Bonchev–Trinajstić information content (AvgIpc) is 3.30. The number of anilines is 1. The summed E-state index contributed by atoms with van der Waals surface area (Å²) < 4.78 is 17.0. The van der Waals surface area contributed by atoms with Crippen LogP contribution in [0.1, 0.15) is 0 Å². The lowest BCUT2D eigenvalue weighted by atomic mass is 10.2. The summed E-state index contributed by atoms with van der Waals surface area (Å²) in [4.78, 5) is 29.8. The van der Waals surface area contributed by atoms with Crippen LogP contribution in [0.3, 0.4) is 0 Å². The van der Waals surface area contributed by atoms with Crippen LogP contribution in [0, 0.1) is 0 Å². The molecule has 0 saturated heterocycles. The molecule has 0 bridgehead atoms. The molecule has 0 aliphatic rings. The van der Waals surface area contributed by atoms with Crippen molar-refractivity contribution >= 4 is 23.2 Å². The van der Waals surface area contributed by atoms with Gasteiger partial charge in [-0.3, -0.25) is 9.59 Å². The van der Waals surface area contributed by atoms with Crippen molar-refractivity contribution in [3.63, 3.8) is 0 Å². The van der Waals surface area contributed by atoms with E-state index in [2.05, 4.69) is 15.5 Å². The third-order valence-electron chi connectivity index (χ3n) is 4.76. The minimum Gasteiger partial charge on any atom is -0.493 e. The first kappa shape index (κ1) is 22.1. The lowest BCUT2D eigenvalue weighted by molar-refractivity contribution is -0.116. The van der Waals surface area contributed by atoms with Gasteiger partial charge in [0.1, 0.15) is 12.1 Å². The minimum absolute atomic E-state index is 0.0552. The van der Waals surface area contributed by atoms with Gasteiger partial charge in [-0.05, 0) is 48.5 Å². The predicted octanol–water partition coefficient (Wildman–Crippen LogP) is 3.87. The Morgan fingerprint density at radius 1 is 1.09 bits per heavy atom. The number of aromatic nitrogens is 3. The van der Waals surface area contributed by atoms with E-state index >= 15 is 0 Å². The number of pyridine rings is 1. The van der Waals surface area contributed by atoms with Crippen LogP contribution < -0.4 is 20.3 Å². The summed E-state index contributed by atoms with van der Waals surface area (Å²) in [6, 6.07) is 15.1. The highest BCUT2D eigenvalue weighted by atomic mass is 35.5. The van der Waals surface area contributed by atoms with E-state index in [1.165, 1.54) is 25.0 Å². The van der Waals surface area contributed by atoms with Crippen LogP contribution in [0.15, 0.2) is 70.1 Å². The summed E-state index contributed by atoms with van der Waals surface area (Å²) in [6.45, 7) is -0.209. The van der Waals surface area contributed by atoms with Crippen molar-refractivity contribution in [2.45, 2.75) is 6.54 Å². The molecule has 0 fully saturated rings. The first-order valence-corrected chi connectivity index (χ1v) is 10.2. The molecule has 9 nitrogen and oxygen atoms in total. The SMILES string of the molecule is COc1ccc(NC(=O)Cn2cccc(-c3nc(-c4ccc(Cl)cc4)no3)c2=O)cc1OC. The first-order chi connectivity index (χ1) is 16.0. The predicted molar refractivity (Wildman–Crippen MR) is 123 cm³/mol. The van der Waals surface area contributed by atoms with Crippen molar-refractivity contribution in [2.75, 3.05) is 19.5 Å². The van der Waals surface area contributed by atoms with E-state index in [1.807, 2.05) is 0 Å². The topological polar surface area (TPSA) is 108 Å². The maximum atomic E-state index is 12.9. The van der Waals surface area contributed by atoms with Gasteiger partial charge in [-0.25, -0.2) is 0 Å². The fourth-order valence-electron chi connectivity index (χ4n) is 3.14. The molecule has 1 amide bonds. The molecule has 0 unspecified atom stereocenters. The molecular formula is C23H19ClN4O5. The smallest absolute Gasteiger partial charge is 0.263 e. The molecule has 0 radical (unpaired) electrons. The number of nitrogens with one attached hydrogen (secondary N) is 1. The van der Waals surface area contributed by atoms with Crippen LogP contribution in [0.25, 0.3) is 22.8 Å². The molecule has 2 aromatic heterocycles. The zero-order valence-corrected chi connectivity index (χ0v) is 18.5. The van der Waals surface area contributed by atoms with E-state index < -0.39 is 11.5 Å². The van der Waals surface area contributed by atoms with Crippen LogP contribution in [-0.2, 0) is 11.3 Å². The minimum atomic E-state index is -0.439. The molecule has 2 heterocycles. The van der Waals surface area contributed by atoms with Gasteiger partial charge < -0.3 is 23.9 Å². The summed E-state index contributed by atoms with van der Waals surface area (Å²) in [6.07, 6.45) is 1.51. The number of hydrogen-bond acceptors (Lipinski definition) is 7. The van der Waals surface area contributed by atoms with E-state index in [1.54, 1.807) is 54.6 Å². The van der Waals surface area contributed by atoms with E-state index in [-0.39, 0.29) is 18.0 Å². The molecule has 168 valence electrons. The van der Waals surface area contributed by atoms with Crippen LogP contribution in [-0.4, -0.2) is 34.8 Å². The van der Waals surface area contributed by atoms with Crippen molar-refractivity contribution in [2.24, 2.45) is 0 Å². The normalized spacial score (nSPS) is 10.6. The molecule has 10 heteroatoms. The highest BCUT2D eigenvalue weighted by Gasteiger charge is 2.16. The fraction of sp³-hybridized carbons (Fsp3) is 0.130. The van der Waals surface area contributed by atoms with Gasteiger partial charge in [0.15, 0.2) is 11.5 Å². The number of halogens is 1. The molecule has 33 heavy (non-hydrogen) atoms. The highest BCUT2D eigenvalue weighted by Crippen LogP contribution is 2.29. The maximum Gasteiger partial charge on any atom is 0.263 e. The molecule has 2 aromatic carbocycles. The molecule has 0 aliphatic carbocycles.